The standard InChI is InChI=1S/C14H22N2O2S/c1-2-12-6-4-8-16(10-12)19(17,18)11-13-5-3-7-14(15)9-13/h3,5,7,9,12H,2,4,6,8,10-11,15H2,1H3. The van der Waals surface area contributed by atoms with Gasteiger partial charge in [-0.2, -0.15) is 0 Å². The zero-order valence-electron chi connectivity index (χ0n) is 11.4. The van der Waals surface area contributed by atoms with Gasteiger partial charge >= 0.3 is 0 Å². The van der Waals surface area contributed by atoms with Crippen molar-refractivity contribution >= 4 is 15.7 Å². The summed E-state index contributed by atoms with van der Waals surface area (Å²) in [7, 11) is -3.22. The molecular formula is C14H22N2O2S. The van der Waals surface area contributed by atoms with Crippen LogP contribution in [0.1, 0.15) is 31.7 Å². The van der Waals surface area contributed by atoms with Crippen LogP contribution in [0.4, 0.5) is 5.69 Å². The Bertz CT molecular complexity index is 528. The highest BCUT2D eigenvalue weighted by Crippen LogP contribution is 2.23. The molecule has 0 bridgehead atoms. The molecule has 0 saturated carbocycles. The summed E-state index contributed by atoms with van der Waals surface area (Å²) in [6, 6.07) is 7.11. The van der Waals surface area contributed by atoms with Crippen LogP contribution in [0.2, 0.25) is 0 Å². The molecule has 1 atom stereocenters. The second kappa shape index (κ2) is 5.92. The van der Waals surface area contributed by atoms with Crippen molar-refractivity contribution in [2.75, 3.05) is 18.8 Å². The molecule has 2 N–H and O–H groups in total. The SMILES string of the molecule is CCC1CCCN(S(=O)(=O)Cc2cccc(N)c2)C1. The summed E-state index contributed by atoms with van der Waals surface area (Å²) < 4.78 is 26.5. The van der Waals surface area contributed by atoms with Gasteiger partial charge in [-0.15, -0.1) is 0 Å². The Morgan fingerprint density at radius 2 is 2.21 bits per heavy atom. The van der Waals surface area contributed by atoms with Crippen LogP contribution < -0.4 is 5.73 Å². The van der Waals surface area contributed by atoms with E-state index in [0.717, 1.165) is 24.8 Å². The van der Waals surface area contributed by atoms with Gasteiger partial charge in [0, 0.05) is 18.8 Å². The molecule has 5 heteroatoms. The third-order valence-electron chi connectivity index (χ3n) is 3.75. The Hall–Kier alpha value is -1.07. The summed E-state index contributed by atoms with van der Waals surface area (Å²) in [6.07, 6.45) is 3.15. The Morgan fingerprint density at radius 3 is 2.89 bits per heavy atom. The van der Waals surface area contributed by atoms with Gasteiger partial charge in [0.05, 0.1) is 5.75 Å². The van der Waals surface area contributed by atoms with Gasteiger partial charge in [0.1, 0.15) is 0 Å². The zero-order valence-corrected chi connectivity index (χ0v) is 12.2. The lowest BCUT2D eigenvalue weighted by Crippen LogP contribution is -2.40. The number of piperidine rings is 1. The molecule has 2 rings (SSSR count). The molecule has 1 aromatic carbocycles. The van der Waals surface area contributed by atoms with Crippen molar-refractivity contribution in [2.45, 2.75) is 31.9 Å². The van der Waals surface area contributed by atoms with Gasteiger partial charge in [0.15, 0.2) is 0 Å². The Labute approximate surface area is 115 Å². The van der Waals surface area contributed by atoms with E-state index < -0.39 is 10.0 Å². The highest BCUT2D eigenvalue weighted by molar-refractivity contribution is 7.88. The number of nitrogens with two attached hydrogens (primary N) is 1. The molecule has 1 saturated heterocycles. The van der Waals surface area contributed by atoms with Gasteiger partial charge in [-0.1, -0.05) is 25.5 Å². The van der Waals surface area contributed by atoms with Crippen LogP contribution in [-0.4, -0.2) is 25.8 Å². The van der Waals surface area contributed by atoms with E-state index in [1.807, 2.05) is 6.07 Å². The molecule has 106 valence electrons. The summed E-state index contributed by atoms with van der Waals surface area (Å²) >= 11 is 0. The topological polar surface area (TPSA) is 63.4 Å². The lowest BCUT2D eigenvalue weighted by molar-refractivity contribution is 0.261. The van der Waals surface area contributed by atoms with Crippen molar-refractivity contribution in [3.8, 4) is 0 Å². The fourth-order valence-corrected chi connectivity index (χ4v) is 4.23. The van der Waals surface area contributed by atoms with Crippen molar-refractivity contribution in [2.24, 2.45) is 5.92 Å². The molecule has 0 amide bonds. The Morgan fingerprint density at radius 1 is 1.42 bits per heavy atom. The molecule has 19 heavy (non-hydrogen) atoms. The van der Waals surface area contributed by atoms with Crippen molar-refractivity contribution < 1.29 is 8.42 Å². The number of hydrogen-bond acceptors (Lipinski definition) is 3. The van der Waals surface area contributed by atoms with Gasteiger partial charge < -0.3 is 5.73 Å². The van der Waals surface area contributed by atoms with Crippen molar-refractivity contribution in [3.63, 3.8) is 0 Å². The molecule has 0 radical (unpaired) electrons. The second-order valence-corrected chi connectivity index (χ2v) is 7.24. The molecule has 1 aliphatic heterocycles. The van der Waals surface area contributed by atoms with E-state index in [-0.39, 0.29) is 5.75 Å². The number of sulfonamides is 1. The maximum Gasteiger partial charge on any atom is 0.218 e. The highest BCUT2D eigenvalue weighted by Gasteiger charge is 2.28. The number of hydrogen-bond donors (Lipinski definition) is 1. The summed E-state index contributed by atoms with van der Waals surface area (Å²) in [4.78, 5) is 0. The number of nitrogens with zero attached hydrogens (tertiary/aromatic N) is 1. The van der Waals surface area contributed by atoms with Gasteiger partial charge in [-0.05, 0) is 36.5 Å². The molecule has 0 aliphatic carbocycles. The second-order valence-electron chi connectivity index (χ2n) is 5.28. The minimum Gasteiger partial charge on any atom is -0.399 e. The number of benzene rings is 1. The molecule has 0 aromatic heterocycles. The first-order valence-electron chi connectivity index (χ1n) is 6.83. The fourth-order valence-electron chi connectivity index (χ4n) is 2.60. The van der Waals surface area contributed by atoms with Crippen LogP contribution in [0.25, 0.3) is 0 Å². The maximum atomic E-state index is 12.4. The molecular weight excluding hydrogens is 260 g/mol. The summed E-state index contributed by atoms with van der Waals surface area (Å²) in [5.41, 5.74) is 7.06. The number of anilines is 1. The van der Waals surface area contributed by atoms with Gasteiger partial charge in [0.25, 0.3) is 0 Å². The molecule has 1 unspecified atom stereocenters. The third-order valence-corrected chi connectivity index (χ3v) is 5.57. The van der Waals surface area contributed by atoms with E-state index in [0.29, 0.717) is 24.7 Å². The first-order chi connectivity index (χ1) is 9.01. The first-order valence-corrected chi connectivity index (χ1v) is 8.44. The Kier molecular flexibility index (Phi) is 4.47. The summed E-state index contributed by atoms with van der Waals surface area (Å²) in [5, 5.41) is 0. The average molecular weight is 282 g/mol. The van der Waals surface area contributed by atoms with E-state index in [1.54, 1.807) is 22.5 Å². The van der Waals surface area contributed by atoms with Crippen molar-refractivity contribution in [1.29, 1.82) is 0 Å². The van der Waals surface area contributed by atoms with Crippen molar-refractivity contribution in [1.82, 2.24) is 4.31 Å². The van der Waals surface area contributed by atoms with Crippen LogP contribution >= 0.6 is 0 Å². The lowest BCUT2D eigenvalue weighted by Gasteiger charge is -2.31. The molecule has 1 fully saturated rings. The van der Waals surface area contributed by atoms with Crippen LogP contribution in [0.15, 0.2) is 24.3 Å². The van der Waals surface area contributed by atoms with Crippen molar-refractivity contribution in [3.05, 3.63) is 29.8 Å². The van der Waals surface area contributed by atoms with E-state index in [2.05, 4.69) is 6.92 Å². The lowest BCUT2D eigenvalue weighted by atomic mass is 9.97. The fraction of sp³-hybridized carbons (Fsp3) is 0.571. The minimum atomic E-state index is -3.22. The largest absolute Gasteiger partial charge is 0.399 e. The maximum absolute atomic E-state index is 12.4. The van der Waals surface area contributed by atoms with E-state index in [4.69, 9.17) is 5.73 Å². The first kappa shape index (κ1) is 14.3. The van der Waals surface area contributed by atoms with Crippen LogP contribution in [0, 0.1) is 5.92 Å². The zero-order chi connectivity index (χ0) is 13.9. The molecule has 4 nitrogen and oxygen atoms in total. The molecule has 1 aliphatic rings. The third kappa shape index (κ3) is 3.70. The van der Waals surface area contributed by atoms with E-state index in [9.17, 15) is 8.42 Å². The Balaban J connectivity index is 2.09. The number of nitrogen functional groups attached to an aromatic ring is 1. The van der Waals surface area contributed by atoms with Gasteiger partial charge in [0.2, 0.25) is 10.0 Å². The van der Waals surface area contributed by atoms with Gasteiger partial charge in [-0.25, -0.2) is 12.7 Å². The normalized spacial score (nSPS) is 21.4. The average Bonchev–Trinajstić information content (AvgIpc) is 2.38. The summed E-state index contributed by atoms with van der Waals surface area (Å²) in [5.74, 6) is 0.554. The van der Waals surface area contributed by atoms with E-state index in [1.165, 1.54) is 0 Å². The molecule has 1 heterocycles. The van der Waals surface area contributed by atoms with Crippen LogP contribution in [-0.2, 0) is 15.8 Å². The number of rotatable bonds is 4. The highest BCUT2D eigenvalue weighted by atomic mass is 32.2. The predicted molar refractivity (Wildman–Crippen MR) is 78.1 cm³/mol. The van der Waals surface area contributed by atoms with Crippen LogP contribution in [0.3, 0.4) is 0 Å². The molecule has 0 spiro atoms. The quantitative estimate of drug-likeness (QED) is 0.861. The van der Waals surface area contributed by atoms with E-state index >= 15 is 0 Å². The monoisotopic (exact) mass is 282 g/mol. The minimum absolute atomic E-state index is 0.0501. The molecule has 1 aromatic rings. The summed E-state index contributed by atoms with van der Waals surface area (Å²) in [6.45, 7) is 3.45. The smallest absolute Gasteiger partial charge is 0.218 e. The van der Waals surface area contributed by atoms with Crippen LogP contribution in [0.5, 0.6) is 0 Å². The predicted octanol–water partition coefficient (Wildman–Crippen LogP) is 2.22. The van der Waals surface area contributed by atoms with Gasteiger partial charge in [-0.3, -0.25) is 0 Å².